The fourth-order valence-electron chi connectivity index (χ4n) is 3.90. The molecular weight excluding hydrogens is 402 g/mol. The molecule has 7 nitrogen and oxygen atoms in total. The van der Waals surface area contributed by atoms with Gasteiger partial charge in [-0.3, -0.25) is 0 Å². The van der Waals surface area contributed by atoms with Crippen LogP contribution in [0.5, 0.6) is 0 Å². The first-order valence-corrected chi connectivity index (χ1v) is 10.1. The molecule has 3 heterocycles. The summed E-state index contributed by atoms with van der Waals surface area (Å²) in [6, 6.07) is 12.4. The molecule has 9 heteroatoms. The number of hydrogen-bond donors (Lipinski definition) is 2. The number of carbonyl (C=O) groups excluding carboxylic acids is 1. The molecule has 2 amide bonds. The summed E-state index contributed by atoms with van der Waals surface area (Å²) in [5.41, 5.74) is 1.61. The van der Waals surface area contributed by atoms with E-state index in [1.54, 1.807) is 0 Å². The van der Waals surface area contributed by atoms with Crippen molar-refractivity contribution in [1.82, 2.24) is 20.6 Å². The van der Waals surface area contributed by atoms with Crippen LogP contribution in [0.4, 0.5) is 31.0 Å². The lowest BCUT2D eigenvalue weighted by Gasteiger charge is -2.33. The van der Waals surface area contributed by atoms with Crippen molar-refractivity contribution in [2.45, 2.75) is 6.54 Å². The Morgan fingerprint density at radius 2 is 1.61 bits per heavy atom. The Bertz CT molecular complexity index is 1110. The predicted molar refractivity (Wildman–Crippen MR) is 113 cm³/mol. The van der Waals surface area contributed by atoms with Crippen molar-refractivity contribution in [3.05, 3.63) is 65.7 Å². The van der Waals surface area contributed by atoms with Gasteiger partial charge in [0, 0.05) is 37.3 Å². The third-order valence-corrected chi connectivity index (χ3v) is 5.41. The van der Waals surface area contributed by atoms with Gasteiger partial charge >= 0.3 is 6.03 Å². The molecule has 3 aromatic rings. The Morgan fingerprint density at radius 3 is 2.32 bits per heavy atom. The van der Waals surface area contributed by atoms with E-state index in [-0.39, 0.29) is 12.4 Å². The zero-order valence-corrected chi connectivity index (χ0v) is 16.6. The Balaban J connectivity index is 1.74. The lowest BCUT2D eigenvalue weighted by atomic mass is 10.0. The zero-order valence-electron chi connectivity index (χ0n) is 16.6. The number of benzene rings is 2. The average Bonchev–Trinajstić information content (AvgIpc) is 2.80. The normalized spacial score (nSPS) is 16.1. The molecule has 158 valence electrons. The largest absolute Gasteiger partial charge is 0.338 e. The number of amides is 2. The Hall–Kier alpha value is -3.59. The SMILES string of the molecule is O=C1NCc2c(-c3ccccc3)nc(N3CCNCC3)nc2N1c1c(F)cccc1F. The van der Waals surface area contributed by atoms with Crippen LogP contribution in [0.3, 0.4) is 0 Å². The first-order valence-electron chi connectivity index (χ1n) is 10.1. The third-order valence-electron chi connectivity index (χ3n) is 5.41. The molecule has 1 saturated heterocycles. The second-order valence-electron chi connectivity index (χ2n) is 7.34. The zero-order chi connectivity index (χ0) is 21.4. The van der Waals surface area contributed by atoms with E-state index in [4.69, 9.17) is 4.98 Å². The first-order chi connectivity index (χ1) is 15.1. The number of rotatable bonds is 3. The highest BCUT2D eigenvalue weighted by atomic mass is 19.1. The van der Waals surface area contributed by atoms with Gasteiger partial charge in [-0.1, -0.05) is 36.4 Å². The van der Waals surface area contributed by atoms with Crippen LogP contribution < -0.4 is 20.4 Å². The summed E-state index contributed by atoms with van der Waals surface area (Å²) in [6.07, 6.45) is 0. The Morgan fingerprint density at radius 1 is 0.903 bits per heavy atom. The number of anilines is 3. The van der Waals surface area contributed by atoms with Gasteiger partial charge in [-0.25, -0.2) is 23.5 Å². The van der Waals surface area contributed by atoms with Crippen molar-refractivity contribution in [3.63, 3.8) is 0 Å². The van der Waals surface area contributed by atoms with Gasteiger partial charge < -0.3 is 15.5 Å². The van der Waals surface area contributed by atoms with E-state index < -0.39 is 23.4 Å². The maximum absolute atomic E-state index is 14.7. The van der Waals surface area contributed by atoms with Gasteiger partial charge in [-0.05, 0) is 12.1 Å². The van der Waals surface area contributed by atoms with Crippen LogP contribution in [0.1, 0.15) is 5.56 Å². The van der Waals surface area contributed by atoms with Crippen LogP contribution in [0, 0.1) is 11.6 Å². The highest BCUT2D eigenvalue weighted by Crippen LogP contribution is 2.38. The van der Waals surface area contributed by atoms with Crippen molar-refractivity contribution >= 4 is 23.5 Å². The van der Waals surface area contributed by atoms with Gasteiger partial charge in [0.15, 0.2) is 5.82 Å². The van der Waals surface area contributed by atoms with E-state index in [0.29, 0.717) is 30.3 Å². The molecule has 0 saturated carbocycles. The summed E-state index contributed by atoms with van der Waals surface area (Å²) >= 11 is 0. The molecule has 1 aromatic heterocycles. The maximum Gasteiger partial charge on any atom is 0.328 e. The number of halogens is 2. The highest BCUT2D eigenvalue weighted by molar-refractivity contribution is 6.02. The minimum Gasteiger partial charge on any atom is -0.338 e. The monoisotopic (exact) mass is 422 g/mol. The van der Waals surface area contributed by atoms with Crippen LogP contribution >= 0.6 is 0 Å². The summed E-state index contributed by atoms with van der Waals surface area (Å²) in [4.78, 5) is 25.2. The van der Waals surface area contributed by atoms with Gasteiger partial charge in [0.25, 0.3) is 0 Å². The number of aromatic nitrogens is 2. The van der Waals surface area contributed by atoms with Crippen molar-refractivity contribution in [2.24, 2.45) is 0 Å². The third kappa shape index (κ3) is 3.46. The number of hydrogen-bond acceptors (Lipinski definition) is 5. The van der Waals surface area contributed by atoms with Crippen molar-refractivity contribution in [3.8, 4) is 11.3 Å². The molecule has 0 atom stereocenters. The fraction of sp³-hybridized carbons (Fsp3) is 0.227. The molecule has 0 unspecified atom stereocenters. The van der Waals surface area contributed by atoms with E-state index in [1.807, 2.05) is 35.2 Å². The molecule has 2 aromatic carbocycles. The summed E-state index contributed by atoms with van der Waals surface area (Å²) in [5.74, 6) is -1.07. The van der Waals surface area contributed by atoms with Crippen molar-refractivity contribution in [1.29, 1.82) is 0 Å². The minimum atomic E-state index is -0.841. The van der Waals surface area contributed by atoms with E-state index in [2.05, 4.69) is 15.6 Å². The minimum absolute atomic E-state index is 0.160. The number of para-hydroxylation sites is 1. The van der Waals surface area contributed by atoms with E-state index in [1.165, 1.54) is 6.07 Å². The van der Waals surface area contributed by atoms with Gasteiger partial charge in [-0.15, -0.1) is 0 Å². The smallest absolute Gasteiger partial charge is 0.328 e. The van der Waals surface area contributed by atoms with Gasteiger partial charge in [-0.2, -0.15) is 4.98 Å². The predicted octanol–water partition coefficient (Wildman–Crippen LogP) is 3.19. The topological polar surface area (TPSA) is 73.4 Å². The number of nitrogens with one attached hydrogen (secondary N) is 2. The van der Waals surface area contributed by atoms with E-state index in [0.717, 1.165) is 35.7 Å². The maximum atomic E-state index is 14.7. The second-order valence-corrected chi connectivity index (χ2v) is 7.34. The Labute approximate surface area is 177 Å². The molecule has 31 heavy (non-hydrogen) atoms. The molecule has 0 radical (unpaired) electrons. The number of fused-ring (bicyclic) bond motifs is 1. The summed E-state index contributed by atoms with van der Waals surface area (Å²) in [6.45, 7) is 3.08. The second kappa shape index (κ2) is 7.92. The lowest BCUT2D eigenvalue weighted by molar-refractivity contribution is 0.246. The summed E-state index contributed by atoms with van der Waals surface area (Å²) in [5, 5.41) is 5.98. The Kier molecular flexibility index (Phi) is 4.95. The van der Waals surface area contributed by atoms with Crippen molar-refractivity contribution in [2.75, 3.05) is 36.0 Å². The van der Waals surface area contributed by atoms with Gasteiger partial charge in [0.05, 0.1) is 12.2 Å². The molecule has 2 N–H and O–H groups in total. The molecule has 0 aliphatic carbocycles. The quantitative estimate of drug-likeness (QED) is 0.678. The summed E-state index contributed by atoms with van der Waals surface area (Å²) < 4.78 is 29.3. The van der Waals surface area contributed by atoms with E-state index in [9.17, 15) is 13.6 Å². The van der Waals surface area contributed by atoms with Crippen LogP contribution in [0.25, 0.3) is 11.3 Å². The fourth-order valence-corrected chi connectivity index (χ4v) is 3.90. The van der Waals surface area contributed by atoms with Gasteiger partial charge in [0.2, 0.25) is 5.95 Å². The molecule has 2 aliphatic rings. The molecule has 1 fully saturated rings. The highest BCUT2D eigenvalue weighted by Gasteiger charge is 2.34. The standard InChI is InChI=1S/C22H20F2N6O/c23-16-7-4-8-17(24)19(16)30-20-15(13-26-22(30)31)18(14-5-2-1-3-6-14)27-21(28-20)29-11-9-25-10-12-29/h1-8,25H,9-13H2,(H,26,31). The first kappa shape index (κ1) is 19.4. The number of urea groups is 1. The number of carbonyl (C=O) groups is 1. The molecular formula is C22H20F2N6O. The van der Waals surface area contributed by atoms with Crippen LogP contribution in [0.15, 0.2) is 48.5 Å². The van der Waals surface area contributed by atoms with E-state index >= 15 is 0 Å². The van der Waals surface area contributed by atoms with Gasteiger partial charge in [0.1, 0.15) is 17.3 Å². The molecule has 2 aliphatic heterocycles. The number of nitrogens with zero attached hydrogens (tertiary/aromatic N) is 4. The lowest BCUT2D eigenvalue weighted by Crippen LogP contribution is -2.46. The van der Waals surface area contributed by atoms with Crippen LogP contribution in [-0.2, 0) is 6.54 Å². The van der Waals surface area contributed by atoms with Crippen LogP contribution in [0.2, 0.25) is 0 Å². The number of piperazine rings is 1. The van der Waals surface area contributed by atoms with Crippen molar-refractivity contribution < 1.29 is 13.6 Å². The molecule has 5 rings (SSSR count). The average molecular weight is 422 g/mol. The molecule has 0 bridgehead atoms. The summed E-state index contributed by atoms with van der Waals surface area (Å²) in [7, 11) is 0. The van der Waals surface area contributed by atoms with Crippen LogP contribution in [-0.4, -0.2) is 42.2 Å². The molecule has 0 spiro atoms.